The van der Waals surface area contributed by atoms with Crippen LogP contribution < -0.4 is 5.32 Å². The summed E-state index contributed by atoms with van der Waals surface area (Å²) in [6, 6.07) is 13.4. The van der Waals surface area contributed by atoms with Crippen LogP contribution in [0.15, 0.2) is 54.9 Å². The van der Waals surface area contributed by atoms with Crippen molar-refractivity contribution >= 4 is 28.6 Å². The van der Waals surface area contributed by atoms with Gasteiger partial charge in [0.1, 0.15) is 11.5 Å². The van der Waals surface area contributed by atoms with E-state index in [9.17, 15) is 4.79 Å². The quantitative estimate of drug-likeness (QED) is 0.557. The minimum atomic E-state index is 0.0655. The Balaban J connectivity index is 1.64. The number of nitrogens with one attached hydrogen (secondary N) is 1. The molecular formula is C18H15N5OS. The van der Waals surface area contributed by atoms with E-state index >= 15 is 0 Å². The number of thiophene rings is 1. The molecule has 1 N–H and O–H groups in total. The van der Waals surface area contributed by atoms with Crippen LogP contribution in [0.2, 0.25) is 0 Å². The Labute approximate surface area is 148 Å². The van der Waals surface area contributed by atoms with Crippen molar-refractivity contribution < 1.29 is 4.79 Å². The molecule has 4 aromatic heterocycles. The van der Waals surface area contributed by atoms with Gasteiger partial charge < -0.3 is 5.32 Å². The lowest BCUT2D eigenvalue weighted by atomic mass is 10.3. The van der Waals surface area contributed by atoms with Crippen LogP contribution >= 0.6 is 11.3 Å². The van der Waals surface area contributed by atoms with Gasteiger partial charge in [-0.05, 0) is 43.3 Å². The van der Waals surface area contributed by atoms with Crippen molar-refractivity contribution in [2.24, 2.45) is 0 Å². The molecule has 0 saturated carbocycles. The Morgan fingerprint density at radius 3 is 2.84 bits per heavy atom. The molecular weight excluding hydrogens is 334 g/mol. The van der Waals surface area contributed by atoms with Crippen LogP contribution in [0, 0.1) is 0 Å². The average Bonchev–Trinajstić information content (AvgIpc) is 3.27. The first-order valence-electron chi connectivity index (χ1n) is 7.80. The molecule has 0 aromatic carbocycles. The van der Waals surface area contributed by atoms with E-state index in [1.807, 2.05) is 42.5 Å². The Kier molecular flexibility index (Phi) is 3.99. The number of carbonyl (C=O) groups is 1. The third-order valence-electron chi connectivity index (χ3n) is 3.74. The Hall–Kier alpha value is -3.06. The predicted octanol–water partition coefficient (Wildman–Crippen LogP) is 3.67. The second-order valence-corrected chi connectivity index (χ2v) is 6.61. The maximum absolute atomic E-state index is 11.5. The lowest BCUT2D eigenvalue weighted by Gasteiger charge is -2.06. The lowest BCUT2D eigenvalue weighted by Crippen LogP contribution is -2.05. The third-order valence-corrected chi connectivity index (χ3v) is 4.95. The average molecular weight is 349 g/mol. The molecule has 6 nitrogen and oxygen atoms in total. The number of hydrogen-bond acceptors (Lipinski definition) is 6. The molecule has 0 spiro atoms. The highest BCUT2D eigenvalue weighted by atomic mass is 32.1. The van der Waals surface area contributed by atoms with Gasteiger partial charge in [-0.2, -0.15) is 0 Å². The summed E-state index contributed by atoms with van der Waals surface area (Å²) in [4.78, 5) is 21.9. The first-order valence-corrected chi connectivity index (χ1v) is 8.62. The van der Waals surface area contributed by atoms with Gasteiger partial charge in [0.2, 0.25) is 0 Å². The Morgan fingerprint density at radius 1 is 1.16 bits per heavy atom. The van der Waals surface area contributed by atoms with Crippen LogP contribution in [-0.4, -0.2) is 25.4 Å². The number of carbonyl (C=O) groups excluding carboxylic acids is 1. The van der Waals surface area contributed by atoms with Crippen LogP contribution in [-0.2, 0) is 6.54 Å². The molecule has 0 fully saturated rings. The Morgan fingerprint density at radius 2 is 2.08 bits per heavy atom. The highest BCUT2D eigenvalue weighted by molar-refractivity contribution is 7.17. The zero-order valence-corrected chi connectivity index (χ0v) is 14.3. The van der Waals surface area contributed by atoms with E-state index < -0.39 is 0 Å². The standard InChI is InChI=1S/C18H15N5OS/c1-12(24)15-5-6-16(25-15)14-11-21-18-8-7-17(22-23(14)18)20-10-13-4-2-3-9-19-13/h2-9,11H,10H2,1H3,(H,20,22). The SMILES string of the molecule is CC(=O)c1ccc(-c2cnc3ccc(NCc4ccccn4)nn23)s1. The fourth-order valence-corrected chi connectivity index (χ4v) is 3.38. The fourth-order valence-electron chi connectivity index (χ4n) is 2.48. The maximum Gasteiger partial charge on any atom is 0.169 e. The summed E-state index contributed by atoms with van der Waals surface area (Å²) in [7, 11) is 0. The minimum absolute atomic E-state index is 0.0655. The lowest BCUT2D eigenvalue weighted by molar-refractivity contribution is 0.102. The van der Waals surface area contributed by atoms with Crippen molar-refractivity contribution in [2.45, 2.75) is 13.5 Å². The third kappa shape index (κ3) is 3.14. The van der Waals surface area contributed by atoms with Gasteiger partial charge >= 0.3 is 0 Å². The number of nitrogens with zero attached hydrogens (tertiary/aromatic N) is 4. The van der Waals surface area contributed by atoms with Crippen molar-refractivity contribution in [3.05, 3.63) is 65.4 Å². The highest BCUT2D eigenvalue weighted by Gasteiger charge is 2.12. The summed E-state index contributed by atoms with van der Waals surface area (Å²) in [5, 5.41) is 7.89. The number of pyridine rings is 1. The number of rotatable bonds is 5. The van der Waals surface area contributed by atoms with E-state index in [-0.39, 0.29) is 5.78 Å². The number of Topliss-reactive ketones (excluding diaryl/α,β-unsaturated/α-hetero) is 1. The van der Waals surface area contributed by atoms with Gasteiger partial charge in [0.15, 0.2) is 11.4 Å². The van der Waals surface area contributed by atoms with Crippen LogP contribution in [0.3, 0.4) is 0 Å². The smallest absolute Gasteiger partial charge is 0.169 e. The Bertz CT molecular complexity index is 1040. The summed E-state index contributed by atoms with van der Waals surface area (Å²) in [6.07, 6.45) is 3.55. The molecule has 7 heteroatoms. The predicted molar refractivity (Wildman–Crippen MR) is 97.9 cm³/mol. The number of anilines is 1. The van der Waals surface area contributed by atoms with Crippen LogP contribution in [0.25, 0.3) is 16.2 Å². The van der Waals surface area contributed by atoms with Gasteiger partial charge in [-0.15, -0.1) is 16.4 Å². The van der Waals surface area contributed by atoms with Crippen molar-refractivity contribution in [2.75, 3.05) is 5.32 Å². The molecule has 4 aromatic rings. The molecule has 4 rings (SSSR count). The molecule has 0 saturated heterocycles. The highest BCUT2D eigenvalue weighted by Crippen LogP contribution is 2.28. The molecule has 25 heavy (non-hydrogen) atoms. The zero-order chi connectivity index (χ0) is 17.2. The number of aromatic nitrogens is 4. The normalized spacial score (nSPS) is 10.9. The molecule has 0 aliphatic rings. The van der Waals surface area contributed by atoms with Crippen molar-refractivity contribution in [1.29, 1.82) is 0 Å². The molecule has 0 aliphatic heterocycles. The van der Waals surface area contributed by atoms with Gasteiger partial charge in [0, 0.05) is 6.20 Å². The monoisotopic (exact) mass is 349 g/mol. The van der Waals surface area contributed by atoms with Gasteiger partial charge in [0.05, 0.1) is 28.2 Å². The van der Waals surface area contributed by atoms with Crippen LogP contribution in [0.1, 0.15) is 22.3 Å². The molecule has 0 aliphatic carbocycles. The molecule has 0 atom stereocenters. The van der Waals surface area contributed by atoms with E-state index in [1.165, 1.54) is 11.3 Å². The van der Waals surface area contributed by atoms with Gasteiger partial charge in [0.25, 0.3) is 0 Å². The van der Waals surface area contributed by atoms with Gasteiger partial charge in [-0.3, -0.25) is 9.78 Å². The molecule has 124 valence electrons. The van der Waals surface area contributed by atoms with E-state index in [0.717, 1.165) is 32.6 Å². The molecule has 0 bridgehead atoms. The van der Waals surface area contributed by atoms with Gasteiger partial charge in [-0.1, -0.05) is 6.07 Å². The van der Waals surface area contributed by atoms with Gasteiger partial charge in [-0.25, -0.2) is 9.50 Å². The second-order valence-electron chi connectivity index (χ2n) is 5.53. The molecule has 4 heterocycles. The molecule has 0 radical (unpaired) electrons. The molecule has 0 unspecified atom stereocenters. The largest absolute Gasteiger partial charge is 0.363 e. The number of ketones is 1. The van der Waals surface area contributed by atoms with E-state index in [2.05, 4.69) is 20.4 Å². The van der Waals surface area contributed by atoms with Crippen molar-refractivity contribution in [3.8, 4) is 10.6 Å². The molecule has 0 amide bonds. The summed E-state index contributed by atoms with van der Waals surface area (Å²) >= 11 is 1.45. The topological polar surface area (TPSA) is 72.2 Å². The summed E-state index contributed by atoms with van der Waals surface area (Å²) in [5.41, 5.74) is 2.57. The first-order chi connectivity index (χ1) is 12.2. The number of imidazole rings is 1. The fraction of sp³-hybridized carbons (Fsp3) is 0.111. The van der Waals surface area contributed by atoms with Crippen molar-refractivity contribution in [1.82, 2.24) is 19.6 Å². The van der Waals surface area contributed by atoms with Crippen molar-refractivity contribution in [3.63, 3.8) is 0 Å². The first kappa shape index (κ1) is 15.5. The van der Waals surface area contributed by atoms with Crippen LogP contribution in [0.4, 0.5) is 5.82 Å². The van der Waals surface area contributed by atoms with E-state index in [1.54, 1.807) is 23.8 Å². The van der Waals surface area contributed by atoms with Crippen LogP contribution in [0.5, 0.6) is 0 Å². The number of hydrogen-bond donors (Lipinski definition) is 1. The second kappa shape index (κ2) is 6.45. The van der Waals surface area contributed by atoms with E-state index in [0.29, 0.717) is 6.54 Å². The summed E-state index contributed by atoms with van der Waals surface area (Å²) in [5.74, 6) is 0.802. The zero-order valence-electron chi connectivity index (χ0n) is 13.5. The maximum atomic E-state index is 11.5. The minimum Gasteiger partial charge on any atom is -0.363 e. The number of fused-ring (bicyclic) bond motifs is 1. The summed E-state index contributed by atoms with van der Waals surface area (Å²) < 4.78 is 1.79. The summed E-state index contributed by atoms with van der Waals surface area (Å²) in [6.45, 7) is 2.17. The van der Waals surface area contributed by atoms with E-state index in [4.69, 9.17) is 0 Å².